The molecule has 29 heavy (non-hydrogen) atoms. The number of carbonyl (C=O) groups excluding carboxylic acids is 2. The van der Waals surface area contributed by atoms with Gasteiger partial charge in [-0.3, -0.25) is 14.2 Å². The molecule has 150 valence electrons. The first-order valence-corrected chi connectivity index (χ1v) is 9.48. The Morgan fingerprint density at radius 1 is 1.21 bits per heavy atom. The van der Waals surface area contributed by atoms with Crippen LogP contribution in [0, 0.1) is 4.77 Å². The van der Waals surface area contributed by atoms with Crippen molar-refractivity contribution in [1.82, 2.24) is 14.9 Å². The van der Waals surface area contributed by atoms with Gasteiger partial charge in [-0.2, -0.15) is 0 Å². The van der Waals surface area contributed by atoms with Gasteiger partial charge in [-0.1, -0.05) is 37.3 Å². The Labute approximate surface area is 172 Å². The van der Waals surface area contributed by atoms with Crippen molar-refractivity contribution < 1.29 is 14.3 Å². The SMILES string of the molecule is COC(=O)c1ccc2c(=O)n(CC(=O)NC[C@H](C)c3ccccc3)c(=S)[nH]c2c1. The second-order valence-electron chi connectivity index (χ2n) is 6.69. The largest absolute Gasteiger partial charge is 0.465 e. The molecule has 0 radical (unpaired) electrons. The first-order valence-electron chi connectivity index (χ1n) is 9.07. The van der Waals surface area contributed by atoms with Gasteiger partial charge < -0.3 is 15.0 Å². The monoisotopic (exact) mass is 411 g/mol. The molecule has 0 aliphatic heterocycles. The molecule has 7 nitrogen and oxygen atoms in total. The van der Waals surface area contributed by atoms with Crippen LogP contribution in [0.15, 0.2) is 53.3 Å². The quantitative estimate of drug-likeness (QED) is 0.481. The molecular formula is C21H21N3O4S. The molecule has 3 rings (SSSR count). The number of aromatic amines is 1. The molecule has 1 amide bonds. The zero-order valence-corrected chi connectivity index (χ0v) is 16.9. The van der Waals surface area contributed by atoms with Crippen molar-refractivity contribution in [2.45, 2.75) is 19.4 Å². The first-order chi connectivity index (χ1) is 13.9. The van der Waals surface area contributed by atoms with E-state index >= 15 is 0 Å². The average Bonchev–Trinajstić information content (AvgIpc) is 2.74. The number of fused-ring (bicyclic) bond motifs is 1. The molecule has 0 aliphatic rings. The predicted molar refractivity (Wildman–Crippen MR) is 113 cm³/mol. The van der Waals surface area contributed by atoms with Crippen molar-refractivity contribution >= 4 is 35.0 Å². The summed E-state index contributed by atoms with van der Waals surface area (Å²) in [4.78, 5) is 39.7. The fourth-order valence-corrected chi connectivity index (χ4v) is 3.27. The van der Waals surface area contributed by atoms with E-state index in [9.17, 15) is 14.4 Å². The van der Waals surface area contributed by atoms with Crippen molar-refractivity contribution in [1.29, 1.82) is 0 Å². The van der Waals surface area contributed by atoms with Gasteiger partial charge in [0.2, 0.25) is 5.91 Å². The van der Waals surface area contributed by atoms with Gasteiger partial charge in [-0.25, -0.2) is 4.79 Å². The Hall–Kier alpha value is -3.26. The van der Waals surface area contributed by atoms with Gasteiger partial charge >= 0.3 is 5.97 Å². The number of methoxy groups -OCH3 is 1. The maximum atomic E-state index is 12.8. The molecule has 3 aromatic rings. The topological polar surface area (TPSA) is 93.2 Å². The number of esters is 1. The van der Waals surface area contributed by atoms with Gasteiger partial charge in [0.25, 0.3) is 5.56 Å². The molecule has 0 aliphatic carbocycles. The van der Waals surface area contributed by atoms with Crippen LogP contribution >= 0.6 is 12.2 Å². The van der Waals surface area contributed by atoms with Gasteiger partial charge in [-0.15, -0.1) is 0 Å². The predicted octanol–water partition coefficient (Wildman–Crippen LogP) is 2.77. The maximum Gasteiger partial charge on any atom is 0.337 e. The lowest BCUT2D eigenvalue weighted by atomic mass is 10.0. The molecule has 2 aromatic carbocycles. The van der Waals surface area contributed by atoms with E-state index in [4.69, 9.17) is 12.2 Å². The van der Waals surface area contributed by atoms with Crippen LogP contribution < -0.4 is 10.9 Å². The Morgan fingerprint density at radius 2 is 1.93 bits per heavy atom. The van der Waals surface area contributed by atoms with Crippen LogP contribution in [0.3, 0.4) is 0 Å². The second-order valence-corrected chi connectivity index (χ2v) is 7.08. The van der Waals surface area contributed by atoms with E-state index in [1.807, 2.05) is 37.3 Å². The van der Waals surface area contributed by atoms with Crippen LogP contribution in [0.25, 0.3) is 10.9 Å². The normalized spacial score (nSPS) is 11.8. The van der Waals surface area contributed by atoms with E-state index in [1.54, 1.807) is 0 Å². The molecule has 1 heterocycles. The highest BCUT2D eigenvalue weighted by Gasteiger charge is 2.13. The van der Waals surface area contributed by atoms with Gasteiger partial charge in [0.05, 0.1) is 23.6 Å². The second kappa shape index (κ2) is 8.83. The number of carbonyl (C=O) groups is 2. The lowest BCUT2D eigenvalue weighted by Gasteiger charge is -2.14. The van der Waals surface area contributed by atoms with E-state index in [1.165, 1.54) is 29.9 Å². The zero-order valence-electron chi connectivity index (χ0n) is 16.1. The van der Waals surface area contributed by atoms with Crippen LogP contribution in [0.2, 0.25) is 0 Å². The Morgan fingerprint density at radius 3 is 2.62 bits per heavy atom. The Bertz CT molecular complexity index is 1170. The summed E-state index contributed by atoms with van der Waals surface area (Å²) in [6.45, 7) is 2.28. The van der Waals surface area contributed by atoms with E-state index in [2.05, 4.69) is 15.0 Å². The number of nitrogens with zero attached hydrogens (tertiary/aromatic N) is 1. The molecule has 0 fully saturated rings. The molecule has 8 heteroatoms. The van der Waals surface area contributed by atoms with Crippen molar-refractivity contribution in [3.8, 4) is 0 Å². The zero-order chi connectivity index (χ0) is 21.0. The van der Waals surface area contributed by atoms with Crippen LogP contribution in [0.5, 0.6) is 0 Å². The summed E-state index contributed by atoms with van der Waals surface area (Å²) in [5, 5.41) is 3.17. The van der Waals surface area contributed by atoms with E-state index in [0.717, 1.165) is 5.56 Å². The summed E-state index contributed by atoms with van der Waals surface area (Å²) in [7, 11) is 1.28. The highest BCUT2D eigenvalue weighted by molar-refractivity contribution is 7.71. The minimum atomic E-state index is -0.512. The van der Waals surface area contributed by atoms with Crippen molar-refractivity contribution in [2.75, 3.05) is 13.7 Å². The summed E-state index contributed by atoms with van der Waals surface area (Å²) in [5.74, 6) is -0.679. The number of ether oxygens (including phenoxy) is 1. The molecular weight excluding hydrogens is 390 g/mol. The summed E-state index contributed by atoms with van der Waals surface area (Å²) in [6.07, 6.45) is 0. The molecule has 1 atom stereocenters. The smallest absolute Gasteiger partial charge is 0.337 e. The lowest BCUT2D eigenvalue weighted by molar-refractivity contribution is -0.121. The number of amides is 1. The lowest BCUT2D eigenvalue weighted by Crippen LogP contribution is -2.35. The van der Waals surface area contributed by atoms with Gasteiger partial charge in [0.15, 0.2) is 4.77 Å². The average molecular weight is 411 g/mol. The minimum absolute atomic E-state index is 0.107. The van der Waals surface area contributed by atoms with Gasteiger partial charge in [0, 0.05) is 6.54 Å². The molecule has 2 N–H and O–H groups in total. The van der Waals surface area contributed by atoms with Crippen LogP contribution in [0.1, 0.15) is 28.8 Å². The van der Waals surface area contributed by atoms with Crippen LogP contribution in [-0.2, 0) is 16.1 Å². The number of hydrogen-bond donors (Lipinski definition) is 2. The highest BCUT2D eigenvalue weighted by atomic mass is 32.1. The van der Waals surface area contributed by atoms with E-state index in [-0.39, 0.29) is 23.1 Å². The Kier molecular flexibility index (Phi) is 6.23. The molecule has 0 saturated carbocycles. The number of nitrogens with one attached hydrogen (secondary N) is 2. The fourth-order valence-electron chi connectivity index (χ4n) is 3.01. The van der Waals surface area contributed by atoms with Gasteiger partial charge in [-0.05, 0) is 41.9 Å². The summed E-state index contributed by atoms with van der Waals surface area (Å²) < 4.78 is 6.00. The van der Waals surface area contributed by atoms with Crippen molar-refractivity contribution in [2.24, 2.45) is 0 Å². The minimum Gasteiger partial charge on any atom is -0.465 e. The highest BCUT2D eigenvalue weighted by Crippen LogP contribution is 2.13. The Balaban J connectivity index is 1.77. The number of aromatic nitrogens is 2. The summed E-state index contributed by atoms with van der Waals surface area (Å²) in [5.41, 5.74) is 1.44. The first kappa shape index (κ1) is 20.5. The summed E-state index contributed by atoms with van der Waals surface area (Å²) >= 11 is 5.25. The maximum absolute atomic E-state index is 12.8. The third-order valence-corrected chi connectivity index (χ3v) is 5.00. The molecule has 0 saturated heterocycles. The van der Waals surface area contributed by atoms with Crippen molar-refractivity contribution in [3.05, 3.63) is 74.8 Å². The third kappa shape index (κ3) is 4.60. The van der Waals surface area contributed by atoms with Crippen LogP contribution in [-0.4, -0.2) is 35.1 Å². The molecule has 1 aromatic heterocycles. The number of benzene rings is 2. The number of H-pyrrole nitrogens is 1. The third-order valence-electron chi connectivity index (χ3n) is 4.68. The molecule has 0 unspecified atom stereocenters. The van der Waals surface area contributed by atoms with Crippen molar-refractivity contribution in [3.63, 3.8) is 0 Å². The molecule has 0 bridgehead atoms. The van der Waals surface area contributed by atoms with E-state index in [0.29, 0.717) is 23.0 Å². The van der Waals surface area contributed by atoms with Gasteiger partial charge in [0.1, 0.15) is 6.54 Å². The van der Waals surface area contributed by atoms with Crippen LogP contribution in [0.4, 0.5) is 0 Å². The standard InChI is InChI=1S/C21H21N3O4S/c1-13(14-6-4-3-5-7-14)11-22-18(25)12-24-19(26)16-9-8-15(20(27)28-2)10-17(16)23-21(24)29/h3-10,13H,11-12H2,1-2H3,(H,22,25)(H,23,29)/t13-/m0/s1. The summed E-state index contributed by atoms with van der Waals surface area (Å²) in [6, 6.07) is 14.4. The number of rotatable bonds is 6. The molecule has 0 spiro atoms. The number of hydrogen-bond acceptors (Lipinski definition) is 5. The van der Waals surface area contributed by atoms with E-state index < -0.39 is 11.5 Å². The fraction of sp³-hybridized carbons (Fsp3) is 0.238.